The molecular weight excluding hydrogens is 506 g/mol. The van der Waals surface area contributed by atoms with Crippen molar-refractivity contribution in [3.63, 3.8) is 0 Å². The number of ether oxygens (including phenoxy) is 2. The Morgan fingerprint density at radius 1 is 1.30 bits per heavy atom. The van der Waals surface area contributed by atoms with Gasteiger partial charge < -0.3 is 14.8 Å². The van der Waals surface area contributed by atoms with Crippen LogP contribution in [0.4, 0.5) is 10.1 Å². The molecule has 0 saturated carbocycles. The van der Waals surface area contributed by atoms with Gasteiger partial charge in [0.05, 0.1) is 35.6 Å². The van der Waals surface area contributed by atoms with Crippen LogP contribution in [-0.4, -0.2) is 38.2 Å². The molecule has 3 heterocycles. The third kappa shape index (κ3) is 4.01. The normalized spacial score (nSPS) is 10.8. The van der Waals surface area contributed by atoms with Crippen molar-refractivity contribution in [2.24, 2.45) is 0 Å². The monoisotopic (exact) mass is 520 g/mol. The Morgan fingerprint density at radius 2 is 2.17 bits per heavy atom. The van der Waals surface area contributed by atoms with E-state index in [0.717, 1.165) is 0 Å². The number of nitrogens with one attached hydrogen (secondary N) is 2. The van der Waals surface area contributed by atoms with Crippen LogP contribution in [0, 0.1) is 9.39 Å². The van der Waals surface area contributed by atoms with Gasteiger partial charge in [0.25, 0.3) is 5.91 Å². The molecule has 0 aliphatic rings. The van der Waals surface area contributed by atoms with E-state index < -0.39 is 11.7 Å². The molecule has 0 aliphatic heterocycles. The maximum absolute atomic E-state index is 15.0. The number of hydrogen-bond acceptors (Lipinski definition) is 7. The second-order valence-electron chi connectivity index (χ2n) is 6.03. The lowest BCUT2D eigenvalue weighted by molar-refractivity contribution is 0.102. The fourth-order valence-corrected chi connectivity index (χ4v) is 3.37. The van der Waals surface area contributed by atoms with Crippen LogP contribution >= 0.6 is 22.6 Å². The van der Waals surface area contributed by atoms with Gasteiger partial charge in [-0.15, -0.1) is 5.10 Å². The predicted molar refractivity (Wildman–Crippen MR) is 114 cm³/mol. The van der Waals surface area contributed by atoms with Crippen molar-refractivity contribution in [1.29, 1.82) is 0 Å². The van der Waals surface area contributed by atoms with Gasteiger partial charge in [-0.2, -0.15) is 0 Å². The maximum Gasteiger partial charge on any atom is 0.259 e. The number of anilines is 1. The van der Waals surface area contributed by atoms with Crippen LogP contribution in [-0.2, 0) is 6.61 Å². The van der Waals surface area contributed by atoms with Gasteiger partial charge in [-0.05, 0) is 46.9 Å². The van der Waals surface area contributed by atoms with Crippen molar-refractivity contribution < 1.29 is 18.7 Å². The van der Waals surface area contributed by atoms with Gasteiger partial charge in [-0.3, -0.25) is 9.89 Å². The summed E-state index contributed by atoms with van der Waals surface area (Å²) < 4.78 is 26.1. The van der Waals surface area contributed by atoms with Crippen molar-refractivity contribution >= 4 is 45.2 Å². The number of hydrogen-bond donors (Lipinski definition) is 2. The summed E-state index contributed by atoms with van der Waals surface area (Å²) in [7, 11) is 1.48. The molecule has 4 aromatic rings. The molecule has 0 bridgehead atoms. The van der Waals surface area contributed by atoms with Crippen molar-refractivity contribution in [2.45, 2.75) is 6.61 Å². The number of nitrogens with zero attached hydrogens (tertiary/aromatic N) is 4. The van der Waals surface area contributed by atoms with Gasteiger partial charge in [0, 0.05) is 9.77 Å². The third-order valence-corrected chi connectivity index (χ3v) is 5.03. The van der Waals surface area contributed by atoms with E-state index in [1.807, 2.05) is 22.6 Å². The fourth-order valence-electron chi connectivity index (χ4n) is 2.71. The van der Waals surface area contributed by atoms with Gasteiger partial charge in [0.1, 0.15) is 12.9 Å². The number of fused-ring (bicyclic) bond motifs is 1. The van der Waals surface area contributed by atoms with Crippen molar-refractivity contribution in [3.8, 4) is 11.6 Å². The number of amides is 1. The standard InChI is InChI=1S/C19H14FIN6O3/c1-29-19-12-6-11(7-23-17(12)26-27-19)25-18(28)15-13(21)2-3-14(16(15)20)30-8-10-4-5-22-9-24-10/h2-7,9H,8H2,1H3,(H,25,28)(H,23,26,27). The molecule has 0 atom stereocenters. The number of rotatable bonds is 6. The Hall–Kier alpha value is -3.35. The largest absolute Gasteiger partial charge is 0.484 e. The zero-order chi connectivity index (χ0) is 21.1. The molecule has 3 aromatic heterocycles. The molecule has 1 aromatic carbocycles. The van der Waals surface area contributed by atoms with Gasteiger partial charge in [0.15, 0.2) is 17.2 Å². The molecule has 0 saturated heterocycles. The van der Waals surface area contributed by atoms with Crippen LogP contribution in [0.1, 0.15) is 16.1 Å². The zero-order valence-electron chi connectivity index (χ0n) is 15.5. The van der Waals surface area contributed by atoms with E-state index in [2.05, 4.69) is 30.5 Å². The van der Waals surface area contributed by atoms with Crippen molar-refractivity contribution in [1.82, 2.24) is 25.1 Å². The average Bonchev–Trinajstić information content (AvgIpc) is 3.16. The number of halogens is 2. The summed E-state index contributed by atoms with van der Waals surface area (Å²) in [6, 6.07) is 6.38. The molecule has 30 heavy (non-hydrogen) atoms. The summed E-state index contributed by atoms with van der Waals surface area (Å²) in [6.07, 6.45) is 4.38. The minimum absolute atomic E-state index is 0.0436. The first kappa shape index (κ1) is 19.9. The summed E-state index contributed by atoms with van der Waals surface area (Å²) in [4.78, 5) is 24.8. The first-order valence-electron chi connectivity index (χ1n) is 8.62. The molecule has 152 valence electrons. The molecule has 0 radical (unpaired) electrons. The summed E-state index contributed by atoms with van der Waals surface area (Å²) >= 11 is 1.90. The molecule has 4 rings (SSSR count). The lowest BCUT2D eigenvalue weighted by Gasteiger charge is -2.12. The number of aromatic nitrogens is 5. The van der Waals surface area contributed by atoms with E-state index >= 15 is 4.39 Å². The number of H-pyrrole nitrogens is 1. The quantitative estimate of drug-likeness (QED) is 0.375. The van der Waals surface area contributed by atoms with Crippen molar-refractivity contribution in [3.05, 3.63) is 63.6 Å². The highest BCUT2D eigenvalue weighted by Gasteiger charge is 2.21. The van der Waals surface area contributed by atoms with Gasteiger partial charge in [-0.25, -0.2) is 19.3 Å². The first-order chi connectivity index (χ1) is 14.6. The molecule has 9 nitrogen and oxygen atoms in total. The van der Waals surface area contributed by atoms with Crippen LogP contribution in [0.25, 0.3) is 11.0 Å². The number of carbonyl (C=O) groups excluding carboxylic acids is 1. The van der Waals surface area contributed by atoms with E-state index in [1.165, 1.54) is 25.7 Å². The summed E-state index contributed by atoms with van der Waals surface area (Å²) in [6.45, 7) is 0.0436. The highest BCUT2D eigenvalue weighted by Crippen LogP contribution is 2.28. The zero-order valence-corrected chi connectivity index (χ0v) is 17.7. The van der Waals surface area contributed by atoms with E-state index in [4.69, 9.17) is 9.47 Å². The molecular formula is C19H14FIN6O3. The Kier molecular flexibility index (Phi) is 5.70. The van der Waals surface area contributed by atoms with E-state index in [9.17, 15) is 4.79 Å². The molecule has 0 spiro atoms. The predicted octanol–water partition coefficient (Wildman–Crippen LogP) is 3.33. The maximum atomic E-state index is 15.0. The average molecular weight is 520 g/mol. The second kappa shape index (κ2) is 8.57. The first-order valence-corrected chi connectivity index (χ1v) is 9.70. The van der Waals surface area contributed by atoms with E-state index in [1.54, 1.807) is 24.4 Å². The van der Waals surface area contributed by atoms with E-state index in [-0.39, 0.29) is 17.9 Å². The molecule has 11 heteroatoms. The van der Waals surface area contributed by atoms with Crippen molar-refractivity contribution in [2.75, 3.05) is 12.4 Å². The SMILES string of the molecule is COc1n[nH]c2ncc(NC(=O)c3c(I)ccc(OCc4ccncn4)c3F)cc12. The third-order valence-electron chi connectivity index (χ3n) is 4.13. The summed E-state index contributed by atoms with van der Waals surface area (Å²) in [5, 5.41) is 9.93. The van der Waals surface area contributed by atoms with Crippen LogP contribution in [0.2, 0.25) is 0 Å². The van der Waals surface area contributed by atoms with Gasteiger partial charge in [-0.1, -0.05) is 0 Å². The Balaban J connectivity index is 1.57. The summed E-state index contributed by atoms with van der Waals surface area (Å²) in [5.74, 6) is -1.10. The minimum Gasteiger partial charge on any atom is -0.484 e. The molecule has 0 fully saturated rings. The van der Waals surface area contributed by atoms with Crippen LogP contribution in [0.5, 0.6) is 11.6 Å². The molecule has 1 amide bonds. The Bertz CT molecular complexity index is 1220. The number of pyridine rings is 1. The number of carbonyl (C=O) groups is 1. The van der Waals surface area contributed by atoms with Crippen LogP contribution < -0.4 is 14.8 Å². The molecule has 0 aliphatic carbocycles. The smallest absolute Gasteiger partial charge is 0.259 e. The Labute approximate surface area is 183 Å². The van der Waals surface area contributed by atoms with Gasteiger partial charge in [0.2, 0.25) is 5.88 Å². The highest BCUT2D eigenvalue weighted by molar-refractivity contribution is 14.1. The second-order valence-corrected chi connectivity index (χ2v) is 7.19. The molecule has 2 N–H and O–H groups in total. The lowest BCUT2D eigenvalue weighted by atomic mass is 10.1. The number of methoxy groups -OCH3 is 1. The number of benzene rings is 1. The van der Waals surface area contributed by atoms with Gasteiger partial charge >= 0.3 is 0 Å². The fraction of sp³-hybridized carbons (Fsp3) is 0.105. The lowest BCUT2D eigenvalue weighted by Crippen LogP contribution is -2.16. The number of aromatic amines is 1. The summed E-state index contributed by atoms with van der Waals surface area (Å²) in [5.41, 5.74) is 1.33. The highest BCUT2D eigenvalue weighted by atomic mass is 127. The van der Waals surface area contributed by atoms with E-state index in [0.29, 0.717) is 31.9 Å². The van der Waals surface area contributed by atoms with Crippen LogP contribution in [0.3, 0.4) is 0 Å². The topological polar surface area (TPSA) is 115 Å². The van der Waals surface area contributed by atoms with Crippen LogP contribution in [0.15, 0.2) is 43.0 Å². The minimum atomic E-state index is -0.761. The molecule has 0 unspecified atom stereocenters. The Morgan fingerprint density at radius 3 is 2.93 bits per heavy atom.